The van der Waals surface area contributed by atoms with E-state index in [1.807, 2.05) is 32.5 Å². The van der Waals surface area contributed by atoms with Crippen molar-refractivity contribution in [2.75, 3.05) is 13.2 Å². The fourth-order valence-electron chi connectivity index (χ4n) is 2.34. The molecule has 3 aromatic rings. The number of ether oxygens (including phenoxy) is 1. The van der Waals surface area contributed by atoms with Crippen molar-refractivity contribution < 1.29 is 18.7 Å². The monoisotopic (exact) mass is 424 g/mol. The SMILES string of the molecule is CCOC(=O)c1ncoc1-c1ncn(C)c1C.Cc1c(C(=O)CN)ncn1C.Cl. The molecular formula is C18H25ClN6O4. The van der Waals surface area contributed by atoms with E-state index in [0.29, 0.717) is 23.8 Å². The van der Waals surface area contributed by atoms with Gasteiger partial charge in [-0.15, -0.1) is 12.4 Å². The third kappa shape index (κ3) is 5.30. The van der Waals surface area contributed by atoms with E-state index >= 15 is 0 Å². The van der Waals surface area contributed by atoms with Crippen molar-refractivity contribution in [3.8, 4) is 11.5 Å². The number of carbonyl (C=O) groups is 2. The lowest BCUT2D eigenvalue weighted by atomic mass is 10.2. The molecule has 0 aliphatic rings. The molecule has 158 valence electrons. The van der Waals surface area contributed by atoms with E-state index < -0.39 is 5.97 Å². The first-order valence-electron chi connectivity index (χ1n) is 8.61. The number of nitrogens with two attached hydrogens (primary N) is 1. The van der Waals surface area contributed by atoms with Crippen LogP contribution in [0.4, 0.5) is 0 Å². The van der Waals surface area contributed by atoms with Crippen LogP contribution in [0, 0.1) is 13.8 Å². The van der Waals surface area contributed by atoms with Crippen molar-refractivity contribution in [3.63, 3.8) is 0 Å². The molecule has 0 atom stereocenters. The highest BCUT2D eigenvalue weighted by molar-refractivity contribution is 5.96. The molecule has 0 bridgehead atoms. The molecule has 3 heterocycles. The molecule has 3 rings (SSSR count). The number of oxazole rings is 1. The van der Waals surface area contributed by atoms with Gasteiger partial charge in [0, 0.05) is 25.5 Å². The first-order valence-corrected chi connectivity index (χ1v) is 8.61. The van der Waals surface area contributed by atoms with Crippen LogP contribution in [0.3, 0.4) is 0 Å². The van der Waals surface area contributed by atoms with Crippen molar-refractivity contribution in [1.82, 2.24) is 24.1 Å². The molecule has 0 aliphatic heterocycles. The van der Waals surface area contributed by atoms with Gasteiger partial charge in [-0.25, -0.2) is 19.7 Å². The Labute approximate surface area is 174 Å². The number of Topliss-reactive ketones (excluding diaryl/α,β-unsaturated/α-hetero) is 1. The highest BCUT2D eigenvalue weighted by Gasteiger charge is 2.22. The van der Waals surface area contributed by atoms with Gasteiger partial charge in [-0.05, 0) is 20.8 Å². The summed E-state index contributed by atoms with van der Waals surface area (Å²) < 4.78 is 13.8. The second-order valence-corrected chi connectivity index (χ2v) is 5.96. The maximum Gasteiger partial charge on any atom is 0.361 e. The van der Waals surface area contributed by atoms with E-state index in [-0.39, 0.29) is 30.4 Å². The lowest BCUT2D eigenvalue weighted by molar-refractivity contribution is 0.0520. The van der Waals surface area contributed by atoms with Gasteiger partial charge in [-0.3, -0.25) is 4.79 Å². The van der Waals surface area contributed by atoms with Crippen LogP contribution in [0.1, 0.15) is 39.3 Å². The normalized spacial score (nSPS) is 10.0. The maximum absolute atomic E-state index is 11.6. The number of imidazole rings is 2. The van der Waals surface area contributed by atoms with E-state index in [9.17, 15) is 9.59 Å². The van der Waals surface area contributed by atoms with Crippen LogP contribution in [0.25, 0.3) is 11.5 Å². The fraction of sp³-hybridized carbons (Fsp3) is 0.389. The predicted molar refractivity (Wildman–Crippen MR) is 108 cm³/mol. The topological polar surface area (TPSA) is 131 Å². The van der Waals surface area contributed by atoms with Crippen molar-refractivity contribution in [3.05, 3.63) is 41.8 Å². The predicted octanol–water partition coefficient (Wildman–Crippen LogP) is 1.85. The van der Waals surface area contributed by atoms with Crippen LogP contribution < -0.4 is 5.73 Å². The van der Waals surface area contributed by atoms with Crippen LogP contribution in [-0.4, -0.2) is 49.0 Å². The van der Waals surface area contributed by atoms with Gasteiger partial charge < -0.3 is 24.0 Å². The number of carbonyl (C=O) groups excluding carboxylic acids is 2. The standard InChI is InChI=1S/C11H13N3O3.C7H11N3O.ClH/c1-4-16-11(15)9-10(17-6-13-9)8-7(2)14(3)5-12-8;1-5-7(6(11)3-8)9-4-10(5)2;/h5-6H,4H2,1-3H3;4H,3,8H2,1-2H3;1H. The molecule has 0 unspecified atom stereocenters. The second kappa shape index (κ2) is 10.5. The van der Waals surface area contributed by atoms with Crippen molar-refractivity contribution in [2.24, 2.45) is 19.8 Å². The number of hydrogen-bond donors (Lipinski definition) is 1. The van der Waals surface area contributed by atoms with Crippen LogP contribution in [0.2, 0.25) is 0 Å². The van der Waals surface area contributed by atoms with Gasteiger partial charge in [0.05, 0.1) is 25.8 Å². The lowest BCUT2D eigenvalue weighted by Crippen LogP contribution is -2.15. The summed E-state index contributed by atoms with van der Waals surface area (Å²) in [6.07, 6.45) is 4.48. The molecule has 0 amide bonds. The number of hydrogen-bond acceptors (Lipinski definition) is 8. The first-order chi connectivity index (χ1) is 13.3. The van der Waals surface area contributed by atoms with Gasteiger partial charge in [0.1, 0.15) is 11.4 Å². The van der Waals surface area contributed by atoms with E-state index in [4.69, 9.17) is 14.9 Å². The third-order valence-electron chi connectivity index (χ3n) is 4.16. The fourth-order valence-corrected chi connectivity index (χ4v) is 2.34. The first kappa shape index (κ1) is 24.1. The van der Waals surface area contributed by atoms with Gasteiger partial charge in [-0.2, -0.15) is 0 Å². The number of ketones is 1. The molecule has 0 radical (unpaired) electrons. The van der Waals surface area contributed by atoms with Gasteiger partial charge in [0.25, 0.3) is 0 Å². The molecule has 11 heteroatoms. The molecule has 0 spiro atoms. The summed E-state index contributed by atoms with van der Waals surface area (Å²) in [5.41, 5.74) is 8.19. The minimum absolute atomic E-state index is 0. The molecule has 2 N–H and O–H groups in total. The zero-order chi connectivity index (χ0) is 20.8. The van der Waals surface area contributed by atoms with Crippen LogP contribution >= 0.6 is 12.4 Å². The van der Waals surface area contributed by atoms with Gasteiger partial charge in [0.15, 0.2) is 23.6 Å². The van der Waals surface area contributed by atoms with E-state index in [0.717, 1.165) is 11.4 Å². The average molecular weight is 425 g/mol. The van der Waals surface area contributed by atoms with E-state index in [1.165, 1.54) is 6.39 Å². The molecule has 3 aromatic heterocycles. The van der Waals surface area contributed by atoms with Crippen LogP contribution in [-0.2, 0) is 18.8 Å². The number of rotatable bonds is 5. The Balaban J connectivity index is 0.000000306. The zero-order valence-electron chi connectivity index (χ0n) is 17.0. The minimum Gasteiger partial charge on any atom is -0.461 e. The molecular weight excluding hydrogens is 400 g/mol. The van der Waals surface area contributed by atoms with E-state index in [2.05, 4.69) is 15.0 Å². The summed E-state index contributed by atoms with van der Waals surface area (Å²) in [6, 6.07) is 0. The molecule has 29 heavy (non-hydrogen) atoms. The Morgan fingerprint density at radius 2 is 1.69 bits per heavy atom. The van der Waals surface area contributed by atoms with Crippen molar-refractivity contribution >= 4 is 24.2 Å². The Morgan fingerprint density at radius 1 is 1.07 bits per heavy atom. The van der Waals surface area contributed by atoms with E-state index in [1.54, 1.807) is 24.1 Å². The summed E-state index contributed by atoms with van der Waals surface area (Å²) in [5, 5.41) is 0. The molecule has 0 aromatic carbocycles. The molecule has 0 aliphatic carbocycles. The van der Waals surface area contributed by atoms with Crippen LogP contribution in [0.15, 0.2) is 23.5 Å². The average Bonchev–Trinajstić information content (AvgIpc) is 3.37. The molecule has 10 nitrogen and oxygen atoms in total. The summed E-state index contributed by atoms with van der Waals surface area (Å²) in [5.74, 6) is -0.258. The van der Waals surface area contributed by atoms with Crippen molar-refractivity contribution in [1.29, 1.82) is 0 Å². The lowest BCUT2D eigenvalue weighted by Gasteiger charge is -2.00. The number of aromatic nitrogens is 5. The zero-order valence-corrected chi connectivity index (χ0v) is 17.8. The highest BCUT2D eigenvalue weighted by Crippen LogP contribution is 2.24. The second-order valence-electron chi connectivity index (χ2n) is 5.96. The highest BCUT2D eigenvalue weighted by atomic mass is 35.5. The Morgan fingerprint density at radius 3 is 2.17 bits per heavy atom. The van der Waals surface area contributed by atoms with Gasteiger partial charge >= 0.3 is 5.97 Å². The molecule has 0 saturated carbocycles. The molecule has 0 saturated heterocycles. The molecule has 0 fully saturated rings. The Hall–Kier alpha value is -2.98. The van der Waals surface area contributed by atoms with Gasteiger partial charge in [-0.1, -0.05) is 0 Å². The minimum atomic E-state index is -0.499. The summed E-state index contributed by atoms with van der Waals surface area (Å²) in [6.45, 7) is 5.80. The largest absolute Gasteiger partial charge is 0.461 e. The Bertz CT molecular complexity index is 975. The third-order valence-corrected chi connectivity index (χ3v) is 4.16. The summed E-state index contributed by atoms with van der Waals surface area (Å²) in [4.78, 5) is 34.7. The van der Waals surface area contributed by atoms with Crippen LogP contribution in [0.5, 0.6) is 0 Å². The summed E-state index contributed by atoms with van der Waals surface area (Å²) in [7, 11) is 3.71. The smallest absolute Gasteiger partial charge is 0.361 e. The van der Waals surface area contributed by atoms with Crippen molar-refractivity contribution in [2.45, 2.75) is 20.8 Å². The quantitative estimate of drug-likeness (QED) is 0.484. The maximum atomic E-state index is 11.6. The summed E-state index contributed by atoms with van der Waals surface area (Å²) >= 11 is 0. The number of aryl methyl sites for hydroxylation is 2. The Kier molecular flexibility index (Phi) is 8.74. The number of esters is 1. The van der Waals surface area contributed by atoms with Gasteiger partial charge in [0.2, 0.25) is 0 Å². The number of halogens is 1. The number of nitrogens with zero attached hydrogens (tertiary/aromatic N) is 5.